The largest absolute Gasteiger partial charge is 0.347 e. The third-order valence-electron chi connectivity index (χ3n) is 1.94. The number of aromatic nitrogens is 2. The highest BCUT2D eigenvalue weighted by Gasteiger charge is 2.09. The Balaban J connectivity index is 2.66. The third kappa shape index (κ3) is 3.83. The first-order valence-electron chi connectivity index (χ1n) is 4.77. The molecule has 0 saturated heterocycles. The Kier molecular flexibility index (Phi) is 4.02. The lowest BCUT2D eigenvalue weighted by molar-refractivity contribution is 0.584. The molecule has 0 aliphatic heterocycles. The molecule has 0 N–H and O–H groups in total. The summed E-state index contributed by atoms with van der Waals surface area (Å²) in [6, 6.07) is 1.60. The van der Waals surface area contributed by atoms with Crippen molar-refractivity contribution in [2.75, 3.05) is 11.5 Å². The summed E-state index contributed by atoms with van der Waals surface area (Å²) in [7, 11) is -3.03. The fourth-order valence-corrected chi connectivity index (χ4v) is 2.51. The van der Waals surface area contributed by atoms with Gasteiger partial charge in [0.25, 0.3) is 0 Å². The van der Waals surface area contributed by atoms with E-state index in [4.69, 9.17) is 0 Å². The van der Waals surface area contributed by atoms with Crippen LogP contribution in [0.2, 0.25) is 0 Å². The summed E-state index contributed by atoms with van der Waals surface area (Å²) >= 11 is 0. The number of sulfone groups is 1. The van der Waals surface area contributed by atoms with Crippen LogP contribution in [0.5, 0.6) is 0 Å². The van der Waals surface area contributed by atoms with Crippen molar-refractivity contribution in [3.05, 3.63) is 28.9 Å². The van der Waals surface area contributed by atoms with Crippen molar-refractivity contribution in [3.63, 3.8) is 0 Å². The van der Waals surface area contributed by atoms with E-state index in [1.807, 2.05) is 6.92 Å². The number of hydrogen-bond acceptors (Lipinski definition) is 4. The molecule has 6 heteroatoms. The quantitative estimate of drug-likeness (QED) is 0.717. The van der Waals surface area contributed by atoms with Crippen LogP contribution in [0.3, 0.4) is 0 Å². The Morgan fingerprint density at radius 1 is 1.40 bits per heavy atom. The van der Waals surface area contributed by atoms with Crippen LogP contribution in [0.1, 0.15) is 13.3 Å². The van der Waals surface area contributed by atoms with Gasteiger partial charge in [0.05, 0.1) is 5.75 Å². The lowest BCUT2D eigenvalue weighted by atomic mass is 10.6. The van der Waals surface area contributed by atoms with Gasteiger partial charge in [-0.2, -0.15) is 0 Å². The highest BCUT2D eigenvalue weighted by atomic mass is 32.2. The van der Waals surface area contributed by atoms with Crippen LogP contribution in [0.25, 0.3) is 0 Å². The lowest BCUT2D eigenvalue weighted by Gasteiger charge is -2.04. The number of rotatable bonds is 5. The predicted molar refractivity (Wildman–Crippen MR) is 57.4 cm³/mol. The Hall–Kier alpha value is -1.17. The Morgan fingerprint density at radius 3 is 2.73 bits per heavy atom. The molecule has 0 saturated carbocycles. The monoisotopic (exact) mass is 230 g/mol. The molecule has 15 heavy (non-hydrogen) atoms. The van der Waals surface area contributed by atoms with Gasteiger partial charge in [0.1, 0.15) is 0 Å². The van der Waals surface area contributed by atoms with E-state index in [0.29, 0.717) is 6.42 Å². The second kappa shape index (κ2) is 5.06. The van der Waals surface area contributed by atoms with Crippen molar-refractivity contribution < 1.29 is 8.42 Å². The molecule has 5 nitrogen and oxygen atoms in total. The smallest absolute Gasteiger partial charge is 0.298 e. The van der Waals surface area contributed by atoms with E-state index >= 15 is 0 Å². The Bertz CT molecular complexity index is 464. The summed E-state index contributed by atoms with van der Waals surface area (Å²) < 4.78 is 24.1. The first-order valence-corrected chi connectivity index (χ1v) is 6.59. The maximum Gasteiger partial charge on any atom is 0.347 e. The van der Waals surface area contributed by atoms with Gasteiger partial charge >= 0.3 is 5.69 Å². The van der Waals surface area contributed by atoms with Crippen LogP contribution in [-0.2, 0) is 16.4 Å². The maximum absolute atomic E-state index is 11.4. The highest BCUT2D eigenvalue weighted by molar-refractivity contribution is 7.91. The SMILES string of the molecule is CCCS(=O)(=O)CCn1cccnc1=O. The fraction of sp³-hybridized carbons (Fsp3) is 0.556. The highest BCUT2D eigenvalue weighted by Crippen LogP contribution is 1.94. The topological polar surface area (TPSA) is 69.0 Å². The normalized spacial score (nSPS) is 11.5. The standard InChI is InChI=1S/C9H14N2O3S/c1-2-7-15(13,14)8-6-11-5-3-4-10-9(11)12/h3-5H,2,6-8H2,1H3. The minimum atomic E-state index is -3.03. The van der Waals surface area contributed by atoms with Crippen LogP contribution in [0, 0.1) is 0 Å². The molecule has 0 atom stereocenters. The first-order chi connectivity index (χ1) is 7.05. The molecule has 0 radical (unpaired) electrons. The molecule has 0 aliphatic carbocycles. The van der Waals surface area contributed by atoms with Crippen LogP contribution >= 0.6 is 0 Å². The predicted octanol–water partition coefficient (Wildman–Crippen LogP) is 0.0681. The molecule has 1 aromatic heterocycles. The molecule has 0 bridgehead atoms. The van der Waals surface area contributed by atoms with Gasteiger partial charge in [-0.1, -0.05) is 6.92 Å². The van der Waals surface area contributed by atoms with E-state index in [0.717, 1.165) is 0 Å². The molecule has 1 heterocycles. The zero-order valence-corrected chi connectivity index (χ0v) is 9.40. The van der Waals surface area contributed by atoms with Gasteiger partial charge < -0.3 is 0 Å². The van der Waals surface area contributed by atoms with Crippen molar-refractivity contribution >= 4 is 9.84 Å². The molecule has 0 aliphatic rings. The minimum absolute atomic E-state index is 0.00750. The average Bonchev–Trinajstić information content (AvgIpc) is 2.16. The molecule has 84 valence electrons. The van der Waals surface area contributed by atoms with Crippen molar-refractivity contribution in [2.45, 2.75) is 19.9 Å². The fourth-order valence-electron chi connectivity index (χ4n) is 1.21. The van der Waals surface area contributed by atoms with Gasteiger partial charge in [0, 0.05) is 24.7 Å². The van der Waals surface area contributed by atoms with E-state index in [1.165, 1.54) is 17.0 Å². The van der Waals surface area contributed by atoms with E-state index in [9.17, 15) is 13.2 Å². The zero-order valence-electron chi connectivity index (χ0n) is 8.59. The molecular formula is C9H14N2O3S. The lowest BCUT2D eigenvalue weighted by Crippen LogP contribution is -2.25. The van der Waals surface area contributed by atoms with Gasteiger partial charge in [0.2, 0.25) is 0 Å². The van der Waals surface area contributed by atoms with Crippen LogP contribution < -0.4 is 5.69 Å². The molecule has 0 spiro atoms. The van der Waals surface area contributed by atoms with Gasteiger partial charge in [-0.25, -0.2) is 18.2 Å². The van der Waals surface area contributed by atoms with Gasteiger partial charge in [0.15, 0.2) is 9.84 Å². The van der Waals surface area contributed by atoms with Gasteiger partial charge in [-0.15, -0.1) is 0 Å². The Labute approximate surface area is 88.7 Å². The van der Waals surface area contributed by atoms with E-state index < -0.39 is 15.5 Å². The molecular weight excluding hydrogens is 216 g/mol. The number of hydrogen-bond donors (Lipinski definition) is 0. The van der Waals surface area contributed by atoms with Crippen molar-refractivity contribution in [3.8, 4) is 0 Å². The van der Waals surface area contributed by atoms with E-state index in [1.54, 1.807) is 6.07 Å². The summed E-state index contributed by atoms with van der Waals surface area (Å²) in [4.78, 5) is 14.7. The molecule has 0 unspecified atom stereocenters. The molecule has 1 rings (SSSR count). The van der Waals surface area contributed by atoms with Crippen molar-refractivity contribution in [2.24, 2.45) is 0 Å². The maximum atomic E-state index is 11.4. The second-order valence-electron chi connectivity index (χ2n) is 3.25. The van der Waals surface area contributed by atoms with Crippen LogP contribution in [-0.4, -0.2) is 29.5 Å². The minimum Gasteiger partial charge on any atom is -0.298 e. The molecule has 0 fully saturated rings. The van der Waals surface area contributed by atoms with Gasteiger partial charge in [-0.3, -0.25) is 4.57 Å². The van der Waals surface area contributed by atoms with Crippen molar-refractivity contribution in [1.82, 2.24) is 9.55 Å². The number of nitrogens with zero attached hydrogens (tertiary/aromatic N) is 2. The summed E-state index contributed by atoms with van der Waals surface area (Å²) in [5.74, 6) is 0.161. The zero-order chi connectivity index (χ0) is 11.3. The number of aryl methyl sites for hydroxylation is 1. The molecule has 1 aromatic rings. The summed E-state index contributed by atoms with van der Waals surface area (Å²) in [5.41, 5.74) is -0.413. The summed E-state index contributed by atoms with van der Waals surface area (Å²) in [6.45, 7) is 1.99. The molecule has 0 amide bonds. The van der Waals surface area contributed by atoms with E-state index in [-0.39, 0.29) is 18.1 Å². The first kappa shape index (κ1) is 11.9. The average molecular weight is 230 g/mol. The molecule has 0 aromatic carbocycles. The second-order valence-corrected chi connectivity index (χ2v) is 5.55. The van der Waals surface area contributed by atoms with Gasteiger partial charge in [-0.05, 0) is 12.5 Å². The van der Waals surface area contributed by atoms with Crippen LogP contribution in [0.15, 0.2) is 23.3 Å². The summed E-state index contributed by atoms with van der Waals surface area (Å²) in [6.07, 6.45) is 3.53. The summed E-state index contributed by atoms with van der Waals surface area (Å²) in [5, 5.41) is 0. The van der Waals surface area contributed by atoms with E-state index in [2.05, 4.69) is 4.98 Å². The third-order valence-corrected chi connectivity index (χ3v) is 3.78. The van der Waals surface area contributed by atoms with Crippen molar-refractivity contribution in [1.29, 1.82) is 0 Å². The Morgan fingerprint density at radius 2 is 2.13 bits per heavy atom. The van der Waals surface area contributed by atoms with Crippen LogP contribution in [0.4, 0.5) is 0 Å².